The fraction of sp³-hybridized carbons (Fsp3) is 0.500. The fourth-order valence-corrected chi connectivity index (χ4v) is 2.42. The van der Waals surface area contributed by atoms with E-state index in [1.165, 1.54) is 0 Å². The molecular formula is C14H17FN2O4. The maximum Gasteiger partial charge on any atom is 0.270 e. The molecule has 1 N–H and O–H groups in total. The number of carbonyl (C=O) groups excluding carboxylic acids is 1. The van der Waals surface area contributed by atoms with Crippen LogP contribution < -0.4 is 5.32 Å². The lowest BCUT2D eigenvalue weighted by Crippen LogP contribution is -2.46. The highest BCUT2D eigenvalue weighted by atomic mass is 19.1. The Bertz CT molecular complexity index is 574. The van der Waals surface area contributed by atoms with Gasteiger partial charge in [0.05, 0.1) is 16.1 Å². The Balaban J connectivity index is 2.13. The van der Waals surface area contributed by atoms with Crippen molar-refractivity contribution in [2.45, 2.75) is 38.3 Å². The summed E-state index contributed by atoms with van der Waals surface area (Å²) in [6.07, 6.45) is 1.24. The molecule has 1 amide bonds. The van der Waals surface area contributed by atoms with E-state index >= 15 is 0 Å². The lowest BCUT2D eigenvalue weighted by molar-refractivity contribution is -0.384. The summed E-state index contributed by atoms with van der Waals surface area (Å²) in [6, 6.07) is 2.78. The second-order valence-electron chi connectivity index (χ2n) is 5.69. The number of ether oxygens (including phenoxy) is 1. The smallest absolute Gasteiger partial charge is 0.270 e. The number of hydrogen-bond acceptors (Lipinski definition) is 4. The van der Waals surface area contributed by atoms with Gasteiger partial charge in [-0.25, -0.2) is 4.39 Å². The van der Waals surface area contributed by atoms with Crippen molar-refractivity contribution in [2.75, 3.05) is 6.61 Å². The predicted octanol–water partition coefficient (Wildman–Crippen LogP) is 2.42. The quantitative estimate of drug-likeness (QED) is 0.686. The minimum atomic E-state index is -0.774. The summed E-state index contributed by atoms with van der Waals surface area (Å²) in [4.78, 5) is 22.1. The Morgan fingerprint density at radius 1 is 1.52 bits per heavy atom. The van der Waals surface area contributed by atoms with Gasteiger partial charge in [-0.2, -0.15) is 0 Å². The second kappa shape index (κ2) is 5.77. The average Bonchev–Trinajstić information content (AvgIpc) is 2.37. The average molecular weight is 296 g/mol. The maximum atomic E-state index is 13.7. The molecule has 1 aliphatic rings. The molecule has 2 rings (SSSR count). The highest BCUT2D eigenvalue weighted by Crippen LogP contribution is 2.24. The number of nitro groups is 1. The maximum absolute atomic E-state index is 13.7. The number of non-ortho nitro benzene ring substituents is 1. The summed E-state index contributed by atoms with van der Waals surface area (Å²) in [5.41, 5.74) is -0.973. The van der Waals surface area contributed by atoms with Gasteiger partial charge in [0.15, 0.2) is 0 Å². The standard InChI is InChI=1S/C14H17FN2O4/c1-14(2)8-9(5-6-21-14)16-13(18)11-7-10(17(19)20)3-4-12(11)15/h3-4,7,9H,5-6,8H2,1-2H3,(H,16,18). The SMILES string of the molecule is CC1(C)CC(NC(=O)c2cc([N+](=O)[O-])ccc2F)CCO1. The molecular weight excluding hydrogens is 279 g/mol. The minimum Gasteiger partial charge on any atom is -0.375 e. The Labute approximate surface area is 121 Å². The van der Waals surface area contributed by atoms with Crippen molar-refractivity contribution in [2.24, 2.45) is 0 Å². The van der Waals surface area contributed by atoms with Crippen LogP contribution in [-0.2, 0) is 4.74 Å². The van der Waals surface area contributed by atoms with Gasteiger partial charge < -0.3 is 10.1 Å². The third-order valence-electron chi connectivity index (χ3n) is 3.44. The monoisotopic (exact) mass is 296 g/mol. The van der Waals surface area contributed by atoms with E-state index in [2.05, 4.69) is 5.32 Å². The Kier molecular flexibility index (Phi) is 4.22. The molecule has 114 valence electrons. The molecule has 6 nitrogen and oxygen atoms in total. The Morgan fingerprint density at radius 2 is 2.24 bits per heavy atom. The molecule has 1 heterocycles. The van der Waals surface area contributed by atoms with Crippen LogP contribution in [0.4, 0.5) is 10.1 Å². The number of halogens is 1. The van der Waals surface area contributed by atoms with Gasteiger partial charge in [-0.05, 0) is 32.8 Å². The van der Waals surface area contributed by atoms with Crippen molar-refractivity contribution in [3.8, 4) is 0 Å². The molecule has 0 aliphatic carbocycles. The summed E-state index contributed by atoms with van der Waals surface area (Å²) >= 11 is 0. The first kappa shape index (κ1) is 15.4. The molecule has 21 heavy (non-hydrogen) atoms. The van der Waals surface area contributed by atoms with Crippen LogP contribution >= 0.6 is 0 Å². The molecule has 0 radical (unpaired) electrons. The first-order valence-electron chi connectivity index (χ1n) is 6.67. The van der Waals surface area contributed by atoms with E-state index in [0.717, 1.165) is 18.2 Å². The van der Waals surface area contributed by atoms with Gasteiger partial charge in [0.25, 0.3) is 11.6 Å². The zero-order chi connectivity index (χ0) is 15.6. The van der Waals surface area contributed by atoms with Crippen molar-refractivity contribution in [3.05, 3.63) is 39.7 Å². The van der Waals surface area contributed by atoms with E-state index in [1.807, 2.05) is 13.8 Å². The summed E-state index contributed by atoms with van der Waals surface area (Å²) in [6.45, 7) is 4.34. The highest BCUT2D eigenvalue weighted by molar-refractivity contribution is 5.95. The highest BCUT2D eigenvalue weighted by Gasteiger charge is 2.30. The van der Waals surface area contributed by atoms with Crippen molar-refractivity contribution in [3.63, 3.8) is 0 Å². The van der Waals surface area contributed by atoms with Gasteiger partial charge in [0, 0.05) is 24.8 Å². The molecule has 0 saturated carbocycles. The first-order chi connectivity index (χ1) is 9.78. The van der Waals surface area contributed by atoms with Crippen molar-refractivity contribution >= 4 is 11.6 Å². The Hall–Kier alpha value is -2.02. The normalized spacial score (nSPS) is 20.8. The molecule has 1 fully saturated rings. The van der Waals surface area contributed by atoms with Gasteiger partial charge >= 0.3 is 0 Å². The number of nitrogens with zero attached hydrogens (tertiary/aromatic N) is 1. The zero-order valence-electron chi connectivity index (χ0n) is 11.9. The van der Waals surface area contributed by atoms with Gasteiger partial charge in [-0.1, -0.05) is 0 Å². The Morgan fingerprint density at radius 3 is 2.86 bits per heavy atom. The molecule has 1 aromatic carbocycles. The van der Waals surface area contributed by atoms with Crippen molar-refractivity contribution < 1.29 is 18.8 Å². The minimum absolute atomic E-state index is 0.139. The van der Waals surface area contributed by atoms with E-state index in [0.29, 0.717) is 19.4 Å². The van der Waals surface area contributed by atoms with Crippen molar-refractivity contribution in [1.82, 2.24) is 5.32 Å². The molecule has 1 aromatic rings. The number of carbonyl (C=O) groups is 1. The van der Waals surface area contributed by atoms with E-state index in [9.17, 15) is 19.3 Å². The number of nitro benzene ring substituents is 1. The van der Waals surface area contributed by atoms with Gasteiger partial charge in [-0.15, -0.1) is 0 Å². The molecule has 1 aliphatic heterocycles. The second-order valence-corrected chi connectivity index (χ2v) is 5.69. The van der Waals surface area contributed by atoms with Crippen LogP contribution in [0, 0.1) is 15.9 Å². The molecule has 7 heteroatoms. The van der Waals surface area contributed by atoms with E-state index < -0.39 is 16.6 Å². The molecule has 1 saturated heterocycles. The fourth-order valence-electron chi connectivity index (χ4n) is 2.42. The van der Waals surface area contributed by atoms with Crippen LogP contribution in [0.2, 0.25) is 0 Å². The molecule has 0 bridgehead atoms. The first-order valence-corrected chi connectivity index (χ1v) is 6.67. The summed E-state index contributed by atoms with van der Waals surface area (Å²) in [7, 11) is 0. The van der Waals surface area contributed by atoms with Crippen LogP contribution in [0.1, 0.15) is 37.0 Å². The molecule has 1 unspecified atom stereocenters. The van der Waals surface area contributed by atoms with Crippen LogP contribution in [0.15, 0.2) is 18.2 Å². The topological polar surface area (TPSA) is 81.5 Å². The molecule has 0 spiro atoms. The van der Waals surface area contributed by atoms with Gasteiger partial charge in [0.2, 0.25) is 0 Å². The van der Waals surface area contributed by atoms with E-state index in [1.54, 1.807) is 0 Å². The lowest BCUT2D eigenvalue weighted by Gasteiger charge is -2.35. The zero-order valence-corrected chi connectivity index (χ0v) is 11.9. The van der Waals surface area contributed by atoms with Crippen LogP contribution in [0.25, 0.3) is 0 Å². The number of amides is 1. The molecule has 1 atom stereocenters. The van der Waals surface area contributed by atoms with Crippen LogP contribution in [0.3, 0.4) is 0 Å². The largest absolute Gasteiger partial charge is 0.375 e. The number of hydrogen-bond donors (Lipinski definition) is 1. The van der Waals surface area contributed by atoms with Gasteiger partial charge in [0.1, 0.15) is 5.82 Å². The third kappa shape index (κ3) is 3.75. The third-order valence-corrected chi connectivity index (χ3v) is 3.44. The van der Waals surface area contributed by atoms with Crippen molar-refractivity contribution in [1.29, 1.82) is 0 Å². The number of rotatable bonds is 3. The van der Waals surface area contributed by atoms with Crippen LogP contribution in [0.5, 0.6) is 0 Å². The van der Waals surface area contributed by atoms with E-state index in [4.69, 9.17) is 4.74 Å². The predicted molar refractivity (Wildman–Crippen MR) is 73.6 cm³/mol. The van der Waals surface area contributed by atoms with Gasteiger partial charge in [-0.3, -0.25) is 14.9 Å². The molecule has 0 aromatic heterocycles. The van der Waals surface area contributed by atoms with E-state index in [-0.39, 0.29) is 22.9 Å². The van der Waals surface area contributed by atoms with Crippen LogP contribution in [-0.4, -0.2) is 29.1 Å². The summed E-state index contributed by atoms with van der Waals surface area (Å²) in [5, 5.41) is 13.4. The number of benzene rings is 1. The lowest BCUT2D eigenvalue weighted by atomic mass is 9.93. The summed E-state index contributed by atoms with van der Waals surface area (Å²) in [5.74, 6) is -1.41. The number of nitrogens with one attached hydrogen (secondary N) is 1. The summed E-state index contributed by atoms with van der Waals surface area (Å²) < 4.78 is 19.2.